The number of hydrogen-bond acceptors (Lipinski definition) is 2. The van der Waals surface area contributed by atoms with E-state index in [1.54, 1.807) is 0 Å². The van der Waals surface area contributed by atoms with Crippen molar-refractivity contribution in [2.75, 3.05) is 12.3 Å². The maximum atomic E-state index is 5.54. The van der Waals surface area contributed by atoms with Crippen LogP contribution in [0.3, 0.4) is 0 Å². The van der Waals surface area contributed by atoms with Gasteiger partial charge in [-0.05, 0) is 36.3 Å². The fourth-order valence-corrected chi connectivity index (χ4v) is 0.852. The van der Waals surface area contributed by atoms with Crippen molar-refractivity contribution in [1.82, 2.24) is 0 Å². The van der Waals surface area contributed by atoms with E-state index in [9.17, 15) is 0 Å². The molecule has 1 aromatic rings. The van der Waals surface area contributed by atoms with Gasteiger partial charge in [0.05, 0.1) is 0 Å². The molecule has 0 radical (unpaired) electrons. The summed E-state index contributed by atoms with van der Waals surface area (Å²) in [7, 11) is 0. The molecular formula is C11H15NO. The summed E-state index contributed by atoms with van der Waals surface area (Å²) in [6, 6.07) is 7.37. The van der Waals surface area contributed by atoms with Gasteiger partial charge in [0, 0.05) is 5.69 Å². The first kappa shape index (κ1) is 9.65. The number of benzene rings is 1. The van der Waals surface area contributed by atoms with Gasteiger partial charge in [0.2, 0.25) is 0 Å². The summed E-state index contributed by atoms with van der Waals surface area (Å²) in [6.45, 7) is 6.50. The van der Waals surface area contributed by atoms with Gasteiger partial charge in [0.1, 0.15) is 12.4 Å². The van der Waals surface area contributed by atoms with Crippen LogP contribution in [0.4, 0.5) is 5.69 Å². The molecule has 0 aliphatic carbocycles. The molecule has 0 fully saturated rings. The molecule has 0 bridgehead atoms. The molecule has 13 heavy (non-hydrogen) atoms. The van der Waals surface area contributed by atoms with Crippen molar-refractivity contribution in [3.8, 4) is 5.75 Å². The molecule has 0 aromatic heterocycles. The minimum Gasteiger partial charge on any atom is -0.489 e. The Morgan fingerprint density at radius 3 is 2.54 bits per heavy atom. The Kier molecular flexibility index (Phi) is 3.38. The lowest BCUT2D eigenvalue weighted by Gasteiger charge is -2.06. The van der Waals surface area contributed by atoms with Gasteiger partial charge < -0.3 is 10.5 Å². The van der Waals surface area contributed by atoms with Crippen molar-refractivity contribution in [2.24, 2.45) is 0 Å². The van der Waals surface area contributed by atoms with E-state index in [4.69, 9.17) is 10.5 Å². The van der Waals surface area contributed by atoms with Crippen LogP contribution in [0, 0.1) is 0 Å². The number of rotatable bonds is 4. The Balaban J connectivity index is 2.46. The summed E-state index contributed by atoms with van der Waals surface area (Å²) in [5, 5.41) is 0. The predicted octanol–water partition coefficient (Wildman–Crippen LogP) is 2.61. The van der Waals surface area contributed by atoms with Crippen molar-refractivity contribution in [3.05, 3.63) is 36.4 Å². The van der Waals surface area contributed by atoms with E-state index in [0.29, 0.717) is 6.61 Å². The molecule has 2 nitrogen and oxygen atoms in total. The molecule has 0 saturated heterocycles. The molecule has 1 rings (SSSR count). The van der Waals surface area contributed by atoms with Crippen LogP contribution in [-0.2, 0) is 0 Å². The van der Waals surface area contributed by atoms with Gasteiger partial charge in [-0.25, -0.2) is 0 Å². The third-order valence-electron chi connectivity index (χ3n) is 1.82. The third-order valence-corrected chi connectivity index (χ3v) is 1.82. The topological polar surface area (TPSA) is 35.2 Å². The van der Waals surface area contributed by atoms with Crippen LogP contribution in [0.15, 0.2) is 36.4 Å². The highest BCUT2D eigenvalue weighted by molar-refractivity contribution is 5.41. The lowest BCUT2D eigenvalue weighted by molar-refractivity contribution is 0.349. The molecule has 0 spiro atoms. The van der Waals surface area contributed by atoms with Crippen LogP contribution in [0.25, 0.3) is 0 Å². The molecule has 0 atom stereocenters. The first-order chi connectivity index (χ1) is 6.22. The van der Waals surface area contributed by atoms with Gasteiger partial charge in [0.15, 0.2) is 0 Å². The summed E-state index contributed by atoms with van der Waals surface area (Å²) in [5.41, 5.74) is 7.38. The quantitative estimate of drug-likeness (QED) is 0.566. The smallest absolute Gasteiger partial charge is 0.119 e. The van der Waals surface area contributed by atoms with Gasteiger partial charge in [-0.2, -0.15) is 0 Å². The zero-order valence-corrected chi connectivity index (χ0v) is 7.92. The minimum absolute atomic E-state index is 0.584. The average Bonchev–Trinajstić information content (AvgIpc) is 2.16. The zero-order valence-electron chi connectivity index (χ0n) is 7.92. The summed E-state index contributed by atoms with van der Waals surface area (Å²) >= 11 is 0. The first-order valence-electron chi connectivity index (χ1n) is 4.37. The molecule has 0 saturated carbocycles. The van der Waals surface area contributed by atoms with Gasteiger partial charge in [0.25, 0.3) is 0 Å². The molecule has 0 unspecified atom stereocenters. The minimum atomic E-state index is 0.584. The second kappa shape index (κ2) is 4.55. The third kappa shape index (κ3) is 3.20. The molecule has 1 aromatic carbocycles. The number of anilines is 1. The van der Waals surface area contributed by atoms with Crippen molar-refractivity contribution in [2.45, 2.75) is 13.3 Å². The fraction of sp³-hybridized carbons (Fsp3) is 0.273. The van der Waals surface area contributed by atoms with E-state index in [0.717, 1.165) is 23.4 Å². The summed E-state index contributed by atoms with van der Waals surface area (Å²) in [4.78, 5) is 0. The number of ether oxygens (including phenoxy) is 1. The summed E-state index contributed by atoms with van der Waals surface area (Å²) in [6.07, 6.45) is 0.953. The molecule has 2 heteroatoms. The van der Waals surface area contributed by atoms with Gasteiger partial charge in [-0.3, -0.25) is 0 Å². The van der Waals surface area contributed by atoms with E-state index < -0.39 is 0 Å². The Morgan fingerprint density at radius 2 is 2.00 bits per heavy atom. The normalized spacial score (nSPS) is 9.62. The van der Waals surface area contributed by atoms with Crippen molar-refractivity contribution in [3.63, 3.8) is 0 Å². The maximum absolute atomic E-state index is 5.54. The van der Waals surface area contributed by atoms with Gasteiger partial charge >= 0.3 is 0 Å². The molecule has 70 valence electrons. The van der Waals surface area contributed by atoms with Gasteiger partial charge in [-0.15, -0.1) is 0 Å². The first-order valence-corrected chi connectivity index (χ1v) is 4.37. The highest BCUT2D eigenvalue weighted by Crippen LogP contribution is 2.13. The molecule has 2 N–H and O–H groups in total. The van der Waals surface area contributed by atoms with E-state index in [-0.39, 0.29) is 0 Å². The van der Waals surface area contributed by atoms with Gasteiger partial charge in [-0.1, -0.05) is 13.5 Å². The van der Waals surface area contributed by atoms with Crippen LogP contribution in [0.2, 0.25) is 0 Å². The van der Waals surface area contributed by atoms with E-state index in [2.05, 4.69) is 13.5 Å². The molecule has 0 heterocycles. The monoisotopic (exact) mass is 177 g/mol. The number of nitrogens with two attached hydrogens (primary N) is 1. The number of nitrogen functional groups attached to an aromatic ring is 1. The Labute approximate surface area is 79.0 Å². The predicted molar refractivity (Wildman–Crippen MR) is 55.8 cm³/mol. The standard InChI is InChI=1S/C11H15NO/c1-3-9(2)8-13-11-6-4-10(12)5-7-11/h4-7H,2-3,8,12H2,1H3. The van der Waals surface area contributed by atoms with Crippen LogP contribution < -0.4 is 10.5 Å². The zero-order chi connectivity index (χ0) is 9.68. The van der Waals surface area contributed by atoms with Crippen molar-refractivity contribution in [1.29, 1.82) is 0 Å². The molecule has 0 aliphatic rings. The highest BCUT2D eigenvalue weighted by Gasteiger charge is 1.94. The molecular weight excluding hydrogens is 162 g/mol. The Hall–Kier alpha value is -1.44. The fourth-order valence-electron chi connectivity index (χ4n) is 0.852. The average molecular weight is 177 g/mol. The van der Waals surface area contributed by atoms with Crippen LogP contribution in [0.1, 0.15) is 13.3 Å². The molecule has 0 aliphatic heterocycles. The van der Waals surface area contributed by atoms with E-state index in [1.807, 2.05) is 24.3 Å². The van der Waals surface area contributed by atoms with E-state index in [1.165, 1.54) is 0 Å². The Bertz CT molecular complexity index is 277. The lowest BCUT2D eigenvalue weighted by Crippen LogP contribution is -1.99. The summed E-state index contributed by atoms with van der Waals surface area (Å²) in [5.74, 6) is 0.837. The summed E-state index contributed by atoms with van der Waals surface area (Å²) < 4.78 is 5.46. The maximum Gasteiger partial charge on any atom is 0.119 e. The second-order valence-electron chi connectivity index (χ2n) is 2.96. The van der Waals surface area contributed by atoms with Crippen molar-refractivity contribution >= 4 is 5.69 Å². The number of hydrogen-bond donors (Lipinski definition) is 1. The SMILES string of the molecule is C=C(CC)COc1ccc(N)cc1. The Morgan fingerprint density at radius 1 is 1.38 bits per heavy atom. The largest absolute Gasteiger partial charge is 0.489 e. The lowest BCUT2D eigenvalue weighted by atomic mass is 10.2. The highest BCUT2D eigenvalue weighted by atomic mass is 16.5. The van der Waals surface area contributed by atoms with Crippen molar-refractivity contribution < 1.29 is 4.74 Å². The second-order valence-corrected chi connectivity index (χ2v) is 2.96. The van der Waals surface area contributed by atoms with E-state index >= 15 is 0 Å². The van der Waals surface area contributed by atoms with Crippen LogP contribution in [-0.4, -0.2) is 6.61 Å². The molecule has 0 amide bonds. The van der Waals surface area contributed by atoms with Crippen LogP contribution in [0.5, 0.6) is 5.75 Å². The van der Waals surface area contributed by atoms with Crippen LogP contribution >= 0.6 is 0 Å².